The number of nitrogens with two attached hydrogens (primary N) is 1. The number of ether oxygens (including phenoxy) is 1. The van der Waals surface area contributed by atoms with Crippen molar-refractivity contribution in [3.8, 4) is 0 Å². The van der Waals surface area contributed by atoms with Crippen LogP contribution in [0.25, 0.3) is 0 Å². The molecular formula is C24H31N3O4. The number of amides is 3. The Morgan fingerprint density at radius 2 is 1.39 bits per heavy atom. The molecule has 0 aromatic heterocycles. The molecule has 0 fully saturated rings. The van der Waals surface area contributed by atoms with E-state index in [1.54, 1.807) is 11.8 Å². The van der Waals surface area contributed by atoms with Gasteiger partial charge in [0.25, 0.3) is 5.91 Å². The van der Waals surface area contributed by atoms with Gasteiger partial charge in [-0.1, -0.05) is 74.5 Å². The highest BCUT2D eigenvalue weighted by molar-refractivity contribution is 5.87. The average Bonchev–Trinajstić information content (AvgIpc) is 2.73. The van der Waals surface area contributed by atoms with Gasteiger partial charge in [0.2, 0.25) is 0 Å². The van der Waals surface area contributed by atoms with Gasteiger partial charge in [0.05, 0.1) is 0 Å². The summed E-state index contributed by atoms with van der Waals surface area (Å²) in [6, 6.07) is 17.5. The number of benzene rings is 2. The summed E-state index contributed by atoms with van der Waals surface area (Å²) in [7, 11) is 0. The smallest absolute Gasteiger partial charge is 0.329 e. The number of carbonyl (C=O) groups excluding carboxylic acids is 3. The van der Waals surface area contributed by atoms with E-state index in [0.29, 0.717) is 19.5 Å². The largest absolute Gasteiger partial charge is 0.451 e. The second kappa shape index (κ2) is 11.7. The maximum atomic E-state index is 13.2. The van der Waals surface area contributed by atoms with Crippen LogP contribution in [0.4, 0.5) is 4.79 Å². The molecule has 0 radical (unpaired) electrons. The van der Waals surface area contributed by atoms with E-state index >= 15 is 0 Å². The third-order valence-electron chi connectivity index (χ3n) is 4.69. The van der Waals surface area contributed by atoms with Crippen LogP contribution in [0.3, 0.4) is 0 Å². The zero-order chi connectivity index (χ0) is 22.8. The summed E-state index contributed by atoms with van der Waals surface area (Å²) in [4.78, 5) is 38.7. The number of carbonyl (C=O) groups is 3. The van der Waals surface area contributed by atoms with Crippen LogP contribution in [0.5, 0.6) is 0 Å². The summed E-state index contributed by atoms with van der Waals surface area (Å²) in [6.07, 6.45) is -0.648. The van der Waals surface area contributed by atoms with Crippen molar-refractivity contribution in [2.75, 3.05) is 0 Å². The van der Waals surface area contributed by atoms with Gasteiger partial charge in [-0.3, -0.25) is 4.79 Å². The Labute approximate surface area is 183 Å². The molecule has 0 bridgehead atoms. The molecule has 0 spiro atoms. The summed E-state index contributed by atoms with van der Waals surface area (Å²) in [5.41, 5.74) is 7.13. The van der Waals surface area contributed by atoms with Crippen molar-refractivity contribution < 1.29 is 19.1 Å². The first-order valence-corrected chi connectivity index (χ1v) is 10.4. The number of esters is 1. The van der Waals surface area contributed by atoms with E-state index in [9.17, 15) is 14.4 Å². The van der Waals surface area contributed by atoms with Gasteiger partial charge in [-0.15, -0.1) is 0 Å². The van der Waals surface area contributed by atoms with Crippen LogP contribution in [0.2, 0.25) is 0 Å². The molecule has 2 aromatic carbocycles. The maximum Gasteiger partial charge on any atom is 0.329 e. The Hall–Kier alpha value is -3.35. The van der Waals surface area contributed by atoms with Crippen molar-refractivity contribution in [1.82, 2.24) is 10.2 Å². The SMILES string of the molecule is CC(C)C[C@H](NC(N)=O)C(=O)O[C@@H](C)C(=O)N(Cc1ccccc1)Cc1ccccc1. The van der Waals surface area contributed by atoms with Gasteiger partial charge in [-0.2, -0.15) is 0 Å². The maximum absolute atomic E-state index is 13.2. The van der Waals surface area contributed by atoms with E-state index in [1.807, 2.05) is 74.5 Å². The van der Waals surface area contributed by atoms with Gasteiger partial charge in [0.1, 0.15) is 6.04 Å². The second-order valence-corrected chi connectivity index (χ2v) is 7.94. The number of hydrogen-bond acceptors (Lipinski definition) is 4. The molecule has 0 aliphatic rings. The molecule has 2 rings (SSSR count). The Balaban J connectivity index is 2.13. The van der Waals surface area contributed by atoms with Gasteiger partial charge in [-0.25, -0.2) is 9.59 Å². The van der Waals surface area contributed by atoms with Crippen LogP contribution in [0.1, 0.15) is 38.3 Å². The zero-order valence-electron chi connectivity index (χ0n) is 18.3. The fraction of sp³-hybridized carbons (Fsp3) is 0.375. The highest BCUT2D eigenvalue weighted by Gasteiger charge is 2.29. The molecule has 0 aliphatic carbocycles. The first-order chi connectivity index (χ1) is 14.8. The van der Waals surface area contributed by atoms with Gasteiger partial charge in [0, 0.05) is 13.1 Å². The molecule has 0 aliphatic heterocycles. The van der Waals surface area contributed by atoms with Gasteiger partial charge < -0.3 is 20.7 Å². The van der Waals surface area contributed by atoms with E-state index < -0.39 is 24.1 Å². The predicted octanol–water partition coefficient (Wildman–Crippen LogP) is 3.23. The molecule has 0 unspecified atom stereocenters. The van der Waals surface area contributed by atoms with Crippen molar-refractivity contribution in [3.05, 3.63) is 71.8 Å². The Morgan fingerprint density at radius 1 is 0.903 bits per heavy atom. The summed E-state index contributed by atoms with van der Waals surface area (Å²) in [5.74, 6) is -0.862. The van der Waals surface area contributed by atoms with Crippen LogP contribution in [0, 0.1) is 5.92 Å². The molecular weight excluding hydrogens is 394 g/mol. The third kappa shape index (κ3) is 8.12. The van der Waals surface area contributed by atoms with Crippen LogP contribution in [0.15, 0.2) is 60.7 Å². The van der Waals surface area contributed by atoms with E-state index in [4.69, 9.17) is 10.5 Å². The topological polar surface area (TPSA) is 102 Å². The second-order valence-electron chi connectivity index (χ2n) is 7.94. The van der Waals surface area contributed by atoms with Gasteiger partial charge in [0.15, 0.2) is 6.10 Å². The lowest BCUT2D eigenvalue weighted by Crippen LogP contribution is -2.47. The van der Waals surface area contributed by atoms with E-state index in [0.717, 1.165) is 11.1 Å². The van der Waals surface area contributed by atoms with E-state index in [2.05, 4.69) is 5.32 Å². The van der Waals surface area contributed by atoms with Gasteiger partial charge in [-0.05, 0) is 30.4 Å². The van der Waals surface area contributed by atoms with Crippen LogP contribution >= 0.6 is 0 Å². The monoisotopic (exact) mass is 425 g/mol. The molecule has 0 saturated heterocycles. The first kappa shape index (κ1) is 23.9. The standard InChI is InChI=1S/C24H31N3O4/c1-17(2)14-21(26-24(25)30)23(29)31-18(3)22(28)27(15-19-10-6-4-7-11-19)16-20-12-8-5-9-13-20/h4-13,17-18,21H,14-16H2,1-3H3,(H3,25,26,30)/t18-,21-/m0/s1. The van der Waals surface area contributed by atoms with E-state index in [-0.39, 0.29) is 11.8 Å². The Kier molecular flexibility index (Phi) is 9.06. The average molecular weight is 426 g/mol. The predicted molar refractivity (Wildman–Crippen MR) is 119 cm³/mol. The lowest BCUT2D eigenvalue weighted by atomic mass is 10.0. The number of hydrogen-bond donors (Lipinski definition) is 2. The number of urea groups is 1. The normalized spacial score (nSPS) is 12.6. The van der Waals surface area contributed by atoms with E-state index in [1.165, 1.54) is 0 Å². The lowest BCUT2D eigenvalue weighted by molar-refractivity contribution is -0.161. The summed E-state index contributed by atoms with van der Waals surface area (Å²) in [5, 5.41) is 2.40. The molecule has 166 valence electrons. The summed E-state index contributed by atoms with van der Waals surface area (Å²) in [6.45, 7) is 6.13. The van der Waals surface area contributed by atoms with Crippen molar-refractivity contribution in [3.63, 3.8) is 0 Å². The first-order valence-electron chi connectivity index (χ1n) is 10.4. The molecule has 7 heteroatoms. The number of primary amides is 1. The minimum Gasteiger partial charge on any atom is -0.451 e. The van der Waals surface area contributed by atoms with Crippen LogP contribution < -0.4 is 11.1 Å². The summed E-state index contributed by atoms with van der Waals surface area (Å²) < 4.78 is 5.43. The fourth-order valence-corrected chi connectivity index (χ4v) is 3.24. The Bertz CT molecular complexity index is 814. The van der Waals surface area contributed by atoms with Crippen molar-refractivity contribution in [1.29, 1.82) is 0 Å². The molecule has 3 N–H and O–H groups in total. The van der Waals surface area contributed by atoms with Crippen molar-refractivity contribution in [2.24, 2.45) is 11.7 Å². The molecule has 31 heavy (non-hydrogen) atoms. The molecule has 7 nitrogen and oxygen atoms in total. The molecule has 3 amide bonds. The lowest BCUT2D eigenvalue weighted by Gasteiger charge is -2.27. The van der Waals surface area contributed by atoms with Crippen LogP contribution in [-0.4, -0.2) is 35.0 Å². The number of nitrogens with zero attached hydrogens (tertiary/aromatic N) is 1. The fourth-order valence-electron chi connectivity index (χ4n) is 3.24. The highest BCUT2D eigenvalue weighted by Crippen LogP contribution is 2.14. The van der Waals surface area contributed by atoms with Crippen LogP contribution in [-0.2, 0) is 27.4 Å². The minimum absolute atomic E-state index is 0.128. The quantitative estimate of drug-likeness (QED) is 0.571. The molecule has 0 saturated carbocycles. The van der Waals surface area contributed by atoms with Gasteiger partial charge >= 0.3 is 12.0 Å². The third-order valence-corrected chi connectivity index (χ3v) is 4.69. The minimum atomic E-state index is -1.01. The molecule has 2 aromatic rings. The Morgan fingerprint density at radius 3 is 1.81 bits per heavy atom. The zero-order valence-corrected chi connectivity index (χ0v) is 18.3. The van der Waals surface area contributed by atoms with Crippen molar-refractivity contribution >= 4 is 17.9 Å². The van der Waals surface area contributed by atoms with Crippen molar-refractivity contribution in [2.45, 2.75) is 52.4 Å². The highest BCUT2D eigenvalue weighted by atomic mass is 16.5. The number of rotatable bonds is 10. The molecule has 2 atom stereocenters. The summed E-state index contributed by atoms with van der Waals surface area (Å²) >= 11 is 0. The number of nitrogens with one attached hydrogen (secondary N) is 1. The molecule has 0 heterocycles.